The van der Waals surface area contributed by atoms with E-state index in [-0.39, 0.29) is 18.3 Å². The van der Waals surface area contributed by atoms with Gasteiger partial charge in [0.25, 0.3) is 0 Å². The molecule has 2 aliphatic rings. The molecule has 1 aliphatic heterocycles. The third-order valence-corrected chi connectivity index (χ3v) is 7.32. The van der Waals surface area contributed by atoms with Crippen LogP contribution in [0.25, 0.3) is 10.2 Å². The van der Waals surface area contributed by atoms with E-state index in [1.165, 1.54) is 36.9 Å². The predicted molar refractivity (Wildman–Crippen MR) is 125 cm³/mol. The number of aromatic nitrogens is 2. The standard InChI is InChI=1S/C24H26FN3O5S/c1-12-18-21(26-11-27-22(18)34-20(12)23(29)30-4)28-14-9-8-13(25)10-17(14)31-15-6-5-7-16-19(15)33-24(2,3)32-16/h8-11,15-16,19H,5-7H2,1-4H3,(H,26,27,28)/t15-,16-,19?/m1/s1. The lowest BCUT2D eigenvalue weighted by Crippen LogP contribution is -2.42. The fourth-order valence-electron chi connectivity index (χ4n) is 4.65. The number of thiophene rings is 1. The summed E-state index contributed by atoms with van der Waals surface area (Å²) < 4.78 is 37.6. The second-order valence-electron chi connectivity index (χ2n) is 8.94. The maximum atomic E-state index is 14.2. The van der Waals surface area contributed by atoms with E-state index in [2.05, 4.69) is 15.3 Å². The number of hydrogen-bond acceptors (Lipinski definition) is 9. The van der Waals surface area contributed by atoms with Gasteiger partial charge in [-0.2, -0.15) is 0 Å². The normalized spacial score (nSPS) is 23.5. The van der Waals surface area contributed by atoms with Gasteiger partial charge in [0.15, 0.2) is 5.79 Å². The molecule has 0 spiro atoms. The number of hydrogen-bond donors (Lipinski definition) is 1. The van der Waals surface area contributed by atoms with Crippen molar-refractivity contribution in [2.24, 2.45) is 0 Å². The number of aryl methyl sites for hydroxylation is 1. The van der Waals surface area contributed by atoms with Crippen LogP contribution in [0.3, 0.4) is 0 Å². The van der Waals surface area contributed by atoms with Crippen LogP contribution >= 0.6 is 11.3 Å². The van der Waals surface area contributed by atoms with Crippen molar-refractivity contribution >= 4 is 39.0 Å². The summed E-state index contributed by atoms with van der Waals surface area (Å²) in [4.78, 5) is 22.0. The fourth-order valence-corrected chi connectivity index (χ4v) is 5.72. The summed E-state index contributed by atoms with van der Waals surface area (Å²) >= 11 is 1.24. The molecule has 1 aliphatic carbocycles. The van der Waals surface area contributed by atoms with E-state index in [1.54, 1.807) is 6.07 Å². The topological polar surface area (TPSA) is 91.8 Å². The first-order valence-corrected chi connectivity index (χ1v) is 12.0. The van der Waals surface area contributed by atoms with E-state index in [1.807, 2.05) is 20.8 Å². The highest BCUT2D eigenvalue weighted by molar-refractivity contribution is 7.20. The molecule has 1 aromatic carbocycles. The van der Waals surface area contributed by atoms with Gasteiger partial charge < -0.3 is 24.3 Å². The van der Waals surface area contributed by atoms with Crippen LogP contribution < -0.4 is 10.1 Å². The zero-order valence-electron chi connectivity index (χ0n) is 19.4. The fraction of sp³-hybridized carbons (Fsp3) is 0.458. The number of nitrogens with one attached hydrogen (secondary N) is 1. The summed E-state index contributed by atoms with van der Waals surface area (Å²) in [6, 6.07) is 4.32. The molecule has 34 heavy (non-hydrogen) atoms. The lowest BCUT2D eigenvalue weighted by Gasteiger charge is -2.32. The Morgan fingerprint density at radius 1 is 1.26 bits per heavy atom. The average Bonchev–Trinajstić information content (AvgIpc) is 3.31. The van der Waals surface area contributed by atoms with E-state index in [0.29, 0.717) is 37.9 Å². The number of nitrogens with zero attached hydrogens (tertiary/aromatic N) is 2. The second-order valence-corrected chi connectivity index (χ2v) is 9.94. The van der Waals surface area contributed by atoms with Crippen LogP contribution in [0.15, 0.2) is 24.5 Å². The maximum Gasteiger partial charge on any atom is 0.348 e. The third kappa shape index (κ3) is 4.21. The zero-order valence-corrected chi connectivity index (χ0v) is 20.2. The number of methoxy groups -OCH3 is 1. The van der Waals surface area contributed by atoms with Crippen LogP contribution in [0.2, 0.25) is 0 Å². The van der Waals surface area contributed by atoms with Crippen LogP contribution in [0, 0.1) is 12.7 Å². The molecule has 5 rings (SSSR count). The van der Waals surface area contributed by atoms with Gasteiger partial charge in [-0.15, -0.1) is 11.3 Å². The van der Waals surface area contributed by atoms with Crippen LogP contribution in [0.5, 0.6) is 5.75 Å². The third-order valence-electron chi connectivity index (χ3n) is 6.14. The highest BCUT2D eigenvalue weighted by Gasteiger charge is 2.48. The van der Waals surface area contributed by atoms with Gasteiger partial charge in [0.2, 0.25) is 0 Å². The van der Waals surface area contributed by atoms with Gasteiger partial charge in [-0.25, -0.2) is 19.2 Å². The molecule has 8 nitrogen and oxygen atoms in total. The quantitative estimate of drug-likeness (QED) is 0.496. The minimum absolute atomic E-state index is 0.0505. The van der Waals surface area contributed by atoms with Crippen molar-refractivity contribution in [3.05, 3.63) is 40.8 Å². The van der Waals surface area contributed by atoms with E-state index in [0.717, 1.165) is 19.3 Å². The van der Waals surface area contributed by atoms with Crippen molar-refractivity contribution < 1.29 is 28.1 Å². The lowest BCUT2D eigenvalue weighted by atomic mass is 9.92. The molecular formula is C24H26FN3O5S. The molecular weight excluding hydrogens is 461 g/mol. The number of carbonyl (C=O) groups excluding carboxylic acids is 1. The van der Waals surface area contributed by atoms with Crippen molar-refractivity contribution in [1.29, 1.82) is 0 Å². The van der Waals surface area contributed by atoms with Gasteiger partial charge in [-0.05, 0) is 57.7 Å². The lowest BCUT2D eigenvalue weighted by molar-refractivity contribution is -0.151. The van der Waals surface area contributed by atoms with Gasteiger partial charge in [0, 0.05) is 6.07 Å². The first kappa shape index (κ1) is 22.9. The Balaban J connectivity index is 1.47. The smallest absolute Gasteiger partial charge is 0.348 e. The number of benzene rings is 1. The summed E-state index contributed by atoms with van der Waals surface area (Å²) in [5, 5.41) is 3.96. The number of anilines is 2. The molecule has 0 amide bonds. The monoisotopic (exact) mass is 487 g/mol. The Morgan fingerprint density at radius 2 is 2.09 bits per heavy atom. The molecule has 180 valence electrons. The summed E-state index contributed by atoms with van der Waals surface area (Å²) in [7, 11) is 1.34. The highest BCUT2D eigenvalue weighted by atomic mass is 32.1. The molecule has 3 aromatic rings. The first-order valence-electron chi connectivity index (χ1n) is 11.2. The van der Waals surface area contributed by atoms with Crippen LogP contribution in [-0.2, 0) is 14.2 Å². The molecule has 3 heterocycles. The van der Waals surface area contributed by atoms with E-state index in [9.17, 15) is 9.18 Å². The van der Waals surface area contributed by atoms with Gasteiger partial charge in [0.1, 0.15) is 45.6 Å². The molecule has 0 bridgehead atoms. The number of esters is 1. The van der Waals surface area contributed by atoms with Crippen molar-refractivity contribution in [2.45, 2.75) is 64.1 Å². The molecule has 2 fully saturated rings. The molecule has 0 radical (unpaired) electrons. The summed E-state index contributed by atoms with van der Waals surface area (Å²) in [5.41, 5.74) is 1.26. The van der Waals surface area contributed by atoms with Gasteiger partial charge in [-0.3, -0.25) is 0 Å². The Bertz CT molecular complexity index is 1250. The maximum absolute atomic E-state index is 14.2. The van der Waals surface area contributed by atoms with Crippen LogP contribution in [0.4, 0.5) is 15.9 Å². The number of halogens is 1. The number of rotatable bonds is 5. The molecule has 1 saturated heterocycles. The molecule has 3 atom stereocenters. The minimum atomic E-state index is -0.676. The average molecular weight is 488 g/mol. The van der Waals surface area contributed by atoms with Crippen LogP contribution in [0.1, 0.15) is 48.3 Å². The second kappa shape index (κ2) is 8.75. The Hall–Kier alpha value is -2.82. The van der Waals surface area contributed by atoms with Crippen molar-refractivity contribution in [1.82, 2.24) is 9.97 Å². The van der Waals surface area contributed by atoms with Gasteiger partial charge >= 0.3 is 5.97 Å². The SMILES string of the molecule is COC(=O)c1sc2ncnc(Nc3ccc(F)cc3O[C@@H]3CCC[C@H]4OC(C)(C)OC34)c2c1C. The Morgan fingerprint density at radius 3 is 2.88 bits per heavy atom. The molecule has 1 N–H and O–H groups in total. The van der Waals surface area contributed by atoms with Gasteiger partial charge in [-0.1, -0.05) is 0 Å². The predicted octanol–water partition coefficient (Wildman–Crippen LogP) is 5.12. The van der Waals surface area contributed by atoms with E-state index >= 15 is 0 Å². The van der Waals surface area contributed by atoms with Crippen molar-refractivity contribution in [2.75, 3.05) is 12.4 Å². The number of carbonyl (C=O) groups is 1. The number of ether oxygens (including phenoxy) is 4. The van der Waals surface area contributed by atoms with Crippen LogP contribution in [-0.4, -0.2) is 47.1 Å². The molecule has 2 aromatic heterocycles. The van der Waals surface area contributed by atoms with Gasteiger partial charge in [0.05, 0.1) is 24.3 Å². The Kier molecular flexibility index (Phi) is 5.91. The molecule has 1 saturated carbocycles. The van der Waals surface area contributed by atoms with E-state index < -0.39 is 17.6 Å². The van der Waals surface area contributed by atoms with Crippen molar-refractivity contribution in [3.63, 3.8) is 0 Å². The zero-order chi connectivity index (χ0) is 24.0. The summed E-state index contributed by atoms with van der Waals surface area (Å²) in [6.07, 6.45) is 3.48. The molecule has 1 unspecified atom stereocenters. The summed E-state index contributed by atoms with van der Waals surface area (Å²) in [5.74, 6) is -0.666. The number of fused-ring (bicyclic) bond motifs is 2. The largest absolute Gasteiger partial charge is 0.485 e. The Labute approximate surface area is 200 Å². The minimum Gasteiger partial charge on any atom is -0.485 e. The summed E-state index contributed by atoms with van der Waals surface area (Å²) in [6.45, 7) is 5.61. The highest BCUT2D eigenvalue weighted by Crippen LogP contribution is 2.41. The van der Waals surface area contributed by atoms with Crippen molar-refractivity contribution in [3.8, 4) is 5.75 Å². The van der Waals surface area contributed by atoms with E-state index in [4.69, 9.17) is 18.9 Å². The molecule has 10 heteroatoms. The first-order chi connectivity index (χ1) is 16.3.